The van der Waals surface area contributed by atoms with E-state index in [9.17, 15) is 4.79 Å². The number of carbonyl (C=O) groups is 1. The Morgan fingerprint density at radius 1 is 1.09 bits per heavy atom. The lowest BCUT2D eigenvalue weighted by atomic mass is 10.1. The van der Waals surface area contributed by atoms with E-state index in [0.29, 0.717) is 12.2 Å². The molecule has 0 fully saturated rings. The van der Waals surface area contributed by atoms with Gasteiger partial charge in [0.15, 0.2) is 0 Å². The minimum atomic E-state index is 0.00573. The molecule has 0 saturated carbocycles. The van der Waals surface area contributed by atoms with E-state index in [2.05, 4.69) is 38.1 Å². The molecule has 1 aromatic heterocycles. The number of nitrogens with zero attached hydrogens (tertiary/aromatic N) is 3. The van der Waals surface area contributed by atoms with Crippen molar-refractivity contribution in [3.63, 3.8) is 0 Å². The predicted octanol–water partition coefficient (Wildman–Crippen LogP) is 2.83. The van der Waals surface area contributed by atoms with Crippen molar-refractivity contribution >= 4 is 11.6 Å². The van der Waals surface area contributed by atoms with Crippen molar-refractivity contribution in [3.05, 3.63) is 60.2 Å². The summed E-state index contributed by atoms with van der Waals surface area (Å²) in [6, 6.07) is 17.6. The maximum absolute atomic E-state index is 12.0. The van der Waals surface area contributed by atoms with Crippen LogP contribution in [-0.4, -0.2) is 26.5 Å². The van der Waals surface area contributed by atoms with Crippen molar-refractivity contribution in [2.75, 3.05) is 5.32 Å². The molecule has 3 rings (SSSR count). The van der Waals surface area contributed by atoms with Gasteiger partial charge in [0.2, 0.25) is 11.7 Å². The van der Waals surface area contributed by atoms with E-state index in [-0.39, 0.29) is 5.91 Å². The van der Waals surface area contributed by atoms with Crippen molar-refractivity contribution in [2.45, 2.75) is 19.3 Å². The summed E-state index contributed by atoms with van der Waals surface area (Å²) < 4.78 is 0. The van der Waals surface area contributed by atoms with Gasteiger partial charge in [0.1, 0.15) is 0 Å². The summed E-state index contributed by atoms with van der Waals surface area (Å²) in [5.41, 5.74) is 2.79. The summed E-state index contributed by atoms with van der Waals surface area (Å²) in [4.78, 5) is 12.0. The highest BCUT2D eigenvalue weighted by Crippen LogP contribution is 2.18. The number of rotatable bonds is 6. The Morgan fingerprint density at radius 3 is 2.74 bits per heavy atom. The van der Waals surface area contributed by atoms with Crippen molar-refractivity contribution in [2.24, 2.45) is 0 Å². The van der Waals surface area contributed by atoms with Crippen LogP contribution in [0.5, 0.6) is 0 Å². The molecule has 116 valence electrons. The Morgan fingerprint density at radius 2 is 1.96 bits per heavy atom. The van der Waals surface area contributed by atoms with Gasteiger partial charge >= 0.3 is 0 Å². The molecule has 0 spiro atoms. The maximum Gasteiger partial charge on any atom is 0.224 e. The molecule has 0 aliphatic heterocycles. The molecule has 0 radical (unpaired) electrons. The third kappa shape index (κ3) is 4.23. The average molecular weight is 307 g/mol. The van der Waals surface area contributed by atoms with Crippen molar-refractivity contribution in [3.8, 4) is 11.4 Å². The zero-order valence-electron chi connectivity index (χ0n) is 12.6. The molecule has 1 heterocycles. The van der Waals surface area contributed by atoms with E-state index in [4.69, 9.17) is 0 Å². The Labute approximate surface area is 133 Å². The number of aromatic nitrogens is 4. The highest BCUT2D eigenvalue weighted by atomic mass is 16.1. The predicted molar refractivity (Wildman–Crippen MR) is 87.6 cm³/mol. The second-order valence-corrected chi connectivity index (χ2v) is 5.20. The Kier molecular flexibility index (Phi) is 4.73. The lowest BCUT2D eigenvalue weighted by molar-refractivity contribution is -0.116. The van der Waals surface area contributed by atoms with E-state index in [1.807, 2.05) is 42.5 Å². The number of hydrogen-bond acceptors (Lipinski definition) is 4. The van der Waals surface area contributed by atoms with E-state index < -0.39 is 0 Å². The van der Waals surface area contributed by atoms with Gasteiger partial charge in [-0.2, -0.15) is 5.21 Å². The monoisotopic (exact) mass is 307 g/mol. The first-order chi connectivity index (χ1) is 11.3. The van der Waals surface area contributed by atoms with E-state index in [1.165, 1.54) is 5.56 Å². The van der Waals surface area contributed by atoms with Gasteiger partial charge in [-0.15, -0.1) is 10.2 Å². The molecule has 0 atom stereocenters. The van der Waals surface area contributed by atoms with Crippen LogP contribution >= 0.6 is 0 Å². The van der Waals surface area contributed by atoms with Crippen LogP contribution < -0.4 is 5.32 Å². The molecule has 2 aromatic carbocycles. The number of aryl methyl sites for hydroxylation is 1. The van der Waals surface area contributed by atoms with Crippen molar-refractivity contribution < 1.29 is 4.79 Å². The Bertz CT molecular complexity index is 756. The van der Waals surface area contributed by atoms with Crippen LogP contribution in [0.4, 0.5) is 5.69 Å². The molecule has 23 heavy (non-hydrogen) atoms. The SMILES string of the molecule is O=C(CCCc1ccccc1)Nc1cccc(-c2nn[nH]n2)c1. The lowest BCUT2D eigenvalue weighted by Crippen LogP contribution is -2.11. The van der Waals surface area contributed by atoms with Gasteiger partial charge in [0, 0.05) is 17.7 Å². The molecule has 3 aromatic rings. The minimum absolute atomic E-state index is 0.00573. The first-order valence-electron chi connectivity index (χ1n) is 7.49. The smallest absolute Gasteiger partial charge is 0.224 e. The average Bonchev–Trinajstić information content (AvgIpc) is 3.11. The summed E-state index contributed by atoms with van der Waals surface area (Å²) in [5, 5.41) is 16.7. The number of benzene rings is 2. The minimum Gasteiger partial charge on any atom is -0.326 e. The van der Waals surface area contributed by atoms with E-state index in [1.54, 1.807) is 0 Å². The molecule has 0 unspecified atom stereocenters. The topological polar surface area (TPSA) is 83.6 Å². The summed E-state index contributed by atoms with van der Waals surface area (Å²) in [6.45, 7) is 0. The number of hydrogen-bond donors (Lipinski definition) is 2. The molecule has 0 saturated heterocycles. The highest BCUT2D eigenvalue weighted by molar-refractivity contribution is 5.91. The highest BCUT2D eigenvalue weighted by Gasteiger charge is 2.06. The first kappa shape index (κ1) is 14.9. The summed E-state index contributed by atoms with van der Waals surface area (Å²) in [5.74, 6) is 0.511. The molecule has 6 nitrogen and oxygen atoms in total. The quantitative estimate of drug-likeness (QED) is 0.733. The zero-order valence-corrected chi connectivity index (χ0v) is 12.6. The molecule has 0 aliphatic carbocycles. The number of amides is 1. The second kappa shape index (κ2) is 7.31. The lowest BCUT2D eigenvalue weighted by Gasteiger charge is -2.06. The second-order valence-electron chi connectivity index (χ2n) is 5.20. The van der Waals surface area contributed by atoms with Crippen LogP contribution in [0.1, 0.15) is 18.4 Å². The van der Waals surface area contributed by atoms with Gasteiger partial charge in [-0.05, 0) is 35.8 Å². The summed E-state index contributed by atoms with van der Waals surface area (Å²) >= 11 is 0. The largest absolute Gasteiger partial charge is 0.326 e. The zero-order chi connectivity index (χ0) is 15.9. The number of tetrazole rings is 1. The Hall–Kier alpha value is -3.02. The molecule has 0 aliphatic rings. The van der Waals surface area contributed by atoms with Gasteiger partial charge in [0.05, 0.1) is 0 Å². The van der Waals surface area contributed by atoms with Crippen LogP contribution in [0.2, 0.25) is 0 Å². The third-order valence-corrected chi connectivity index (χ3v) is 3.46. The van der Waals surface area contributed by atoms with Crippen LogP contribution in [-0.2, 0) is 11.2 Å². The van der Waals surface area contributed by atoms with Gasteiger partial charge in [-0.1, -0.05) is 42.5 Å². The standard InChI is InChI=1S/C17H17N5O/c23-16(11-4-8-13-6-2-1-3-7-13)18-15-10-5-9-14(12-15)17-19-21-22-20-17/h1-3,5-7,9-10,12H,4,8,11H2,(H,18,23)(H,19,20,21,22). The number of nitrogens with one attached hydrogen (secondary N) is 2. The fraction of sp³-hybridized carbons (Fsp3) is 0.176. The molecule has 6 heteroatoms. The molecular weight excluding hydrogens is 290 g/mol. The van der Waals surface area contributed by atoms with Crippen molar-refractivity contribution in [1.29, 1.82) is 0 Å². The van der Waals surface area contributed by atoms with Crippen LogP contribution in [0.15, 0.2) is 54.6 Å². The van der Waals surface area contributed by atoms with E-state index in [0.717, 1.165) is 24.1 Å². The molecule has 0 bridgehead atoms. The van der Waals surface area contributed by atoms with E-state index >= 15 is 0 Å². The Balaban J connectivity index is 1.53. The fourth-order valence-electron chi connectivity index (χ4n) is 2.34. The fourth-order valence-corrected chi connectivity index (χ4v) is 2.34. The molecule has 1 amide bonds. The number of aromatic amines is 1. The van der Waals surface area contributed by atoms with Gasteiger partial charge in [0.25, 0.3) is 0 Å². The molecular formula is C17H17N5O. The summed E-state index contributed by atoms with van der Waals surface area (Å²) in [6.07, 6.45) is 2.21. The van der Waals surface area contributed by atoms with Crippen LogP contribution in [0.3, 0.4) is 0 Å². The number of H-pyrrole nitrogens is 1. The van der Waals surface area contributed by atoms with Crippen LogP contribution in [0, 0.1) is 0 Å². The third-order valence-electron chi connectivity index (χ3n) is 3.46. The maximum atomic E-state index is 12.0. The van der Waals surface area contributed by atoms with Crippen molar-refractivity contribution in [1.82, 2.24) is 20.6 Å². The van der Waals surface area contributed by atoms with Crippen LogP contribution in [0.25, 0.3) is 11.4 Å². The summed E-state index contributed by atoms with van der Waals surface area (Å²) in [7, 11) is 0. The first-order valence-corrected chi connectivity index (χ1v) is 7.49. The normalized spacial score (nSPS) is 10.4. The van der Waals surface area contributed by atoms with Gasteiger partial charge in [-0.25, -0.2) is 0 Å². The van der Waals surface area contributed by atoms with Gasteiger partial charge in [-0.3, -0.25) is 4.79 Å². The number of carbonyl (C=O) groups excluding carboxylic acids is 1. The van der Waals surface area contributed by atoms with Gasteiger partial charge < -0.3 is 5.32 Å². The number of anilines is 1. The molecule has 2 N–H and O–H groups in total.